The summed E-state index contributed by atoms with van der Waals surface area (Å²) in [6, 6.07) is 10.6. The minimum Gasteiger partial charge on any atom is -0.508 e. The molecule has 342 valence electrons. The molecule has 7 atom stereocenters. The SMILES string of the molecule is CC[C@H](C)[C@H](NC(=O)[C@H](CS)NC(C)=O)C(=O)N[C@@H](Cc1ccc(N)cc1)C(=O)N[C@@H](CCCCN)C(=O)N[C@@H](Cc1ccc(O)cc1)C(=O)N[C@@H](Cc1ccc(O)cc1)C(=O)O. The van der Waals surface area contributed by atoms with Gasteiger partial charge in [0.1, 0.15) is 47.8 Å². The number of carboxylic acids is 1. The first-order chi connectivity index (χ1) is 29.9. The predicted octanol–water partition coefficient (Wildman–Crippen LogP) is 0.826. The van der Waals surface area contributed by atoms with Crippen molar-refractivity contribution >= 4 is 59.7 Å². The van der Waals surface area contributed by atoms with Crippen LogP contribution < -0.4 is 43.4 Å². The van der Waals surface area contributed by atoms with Crippen LogP contribution in [-0.4, -0.2) is 105 Å². The number of carboxylic acid groups (broad SMARTS) is 1. The Morgan fingerprint density at radius 2 is 1.00 bits per heavy atom. The van der Waals surface area contributed by atoms with Crippen LogP contribution >= 0.6 is 12.6 Å². The number of phenolic OH excluding ortho intramolecular Hbond substituents is 2. The second-order valence-electron chi connectivity index (χ2n) is 15.4. The third-order valence-electron chi connectivity index (χ3n) is 10.3. The van der Waals surface area contributed by atoms with E-state index in [-0.39, 0.29) is 49.5 Å². The Kier molecular flexibility index (Phi) is 20.7. The van der Waals surface area contributed by atoms with Gasteiger partial charge in [0.05, 0.1) is 0 Å². The molecular formula is C44H60N8O10S. The molecule has 0 aliphatic rings. The maximum absolute atomic E-state index is 14.3. The van der Waals surface area contributed by atoms with Gasteiger partial charge in [-0.3, -0.25) is 28.8 Å². The van der Waals surface area contributed by atoms with E-state index in [1.165, 1.54) is 55.5 Å². The number of unbranched alkanes of at least 4 members (excludes halogenated alkanes) is 1. The van der Waals surface area contributed by atoms with Crippen LogP contribution in [0.5, 0.6) is 11.5 Å². The maximum Gasteiger partial charge on any atom is 0.326 e. The normalized spacial score (nSPS) is 14.3. The maximum atomic E-state index is 14.3. The summed E-state index contributed by atoms with van der Waals surface area (Å²) < 4.78 is 0. The molecule has 3 rings (SSSR count). The molecule has 0 aliphatic heterocycles. The van der Waals surface area contributed by atoms with Crippen LogP contribution in [0.25, 0.3) is 0 Å². The van der Waals surface area contributed by atoms with Crippen LogP contribution in [0.1, 0.15) is 63.1 Å². The number of thiol groups is 1. The molecule has 0 saturated carbocycles. The lowest BCUT2D eigenvalue weighted by Crippen LogP contribution is -2.61. The number of amides is 6. The van der Waals surface area contributed by atoms with E-state index in [4.69, 9.17) is 11.5 Å². The Hall–Kier alpha value is -6.34. The van der Waals surface area contributed by atoms with Crippen molar-refractivity contribution < 1.29 is 48.9 Å². The third kappa shape index (κ3) is 17.2. The molecule has 0 heterocycles. The van der Waals surface area contributed by atoms with Crippen LogP contribution in [-0.2, 0) is 52.8 Å². The molecule has 0 bridgehead atoms. The summed E-state index contributed by atoms with van der Waals surface area (Å²) in [5.74, 6) is -6.14. The van der Waals surface area contributed by atoms with Gasteiger partial charge >= 0.3 is 5.97 Å². The number of phenols is 2. The van der Waals surface area contributed by atoms with E-state index >= 15 is 0 Å². The highest BCUT2D eigenvalue weighted by molar-refractivity contribution is 7.80. The van der Waals surface area contributed by atoms with Gasteiger partial charge in [-0.05, 0) is 84.8 Å². The van der Waals surface area contributed by atoms with Gasteiger partial charge in [0, 0.05) is 37.6 Å². The van der Waals surface area contributed by atoms with Gasteiger partial charge in [-0.1, -0.05) is 56.7 Å². The molecular weight excluding hydrogens is 833 g/mol. The Balaban J connectivity index is 1.95. The third-order valence-corrected chi connectivity index (χ3v) is 10.7. The van der Waals surface area contributed by atoms with E-state index in [0.29, 0.717) is 41.6 Å². The van der Waals surface area contributed by atoms with Gasteiger partial charge in [-0.25, -0.2) is 4.79 Å². The number of benzene rings is 3. The highest BCUT2D eigenvalue weighted by Crippen LogP contribution is 2.16. The number of nitrogens with one attached hydrogen (secondary N) is 6. The number of carbonyl (C=O) groups is 7. The number of aromatic hydroxyl groups is 2. The van der Waals surface area contributed by atoms with Crippen molar-refractivity contribution in [3.05, 3.63) is 89.5 Å². The predicted molar refractivity (Wildman–Crippen MR) is 239 cm³/mol. The number of rotatable bonds is 25. The lowest BCUT2D eigenvalue weighted by molar-refractivity contribution is -0.142. The number of hydrogen-bond donors (Lipinski definition) is 12. The van der Waals surface area contributed by atoms with Gasteiger partial charge < -0.3 is 58.7 Å². The van der Waals surface area contributed by atoms with Crippen molar-refractivity contribution in [3.63, 3.8) is 0 Å². The van der Waals surface area contributed by atoms with Crippen LogP contribution in [0.4, 0.5) is 5.69 Å². The van der Waals surface area contributed by atoms with Gasteiger partial charge in [0.2, 0.25) is 35.4 Å². The van der Waals surface area contributed by atoms with Crippen molar-refractivity contribution in [2.75, 3.05) is 18.0 Å². The van der Waals surface area contributed by atoms with Gasteiger partial charge in [0.15, 0.2) is 0 Å². The number of anilines is 1. The van der Waals surface area contributed by atoms with Crippen molar-refractivity contribution in [3.8, 4) is 11.5 Å². The van der Waals surface area contributed by atoms with E-state index in [1.54, 1.807) is 31.2 Å². The molecule has 3 aromatic rings. The molecule has 0 aliphatic carbocycles. The van der Waals surface area contributed by atoms with Crippen LogP contribution in [0.15, 0.2) is 72.8 Å². The molecule has 0 saturated heterocycles. The Morgan fingerprint density at radius 1 is 0.587 bits per heavy atom. The largest absolute Gasteiger partial charge is 0.508 e. The summed E-state index contributed by atoms with van der Waals surface area (Å²) in [7, 11) is 0. The molecule has 19 heteroatoms. The van der Waals surface area contributed by atoms with Gasteiger partial charge in [-0.15, -0.1) is 0 Å². The number of carbonyl (C=O) groups excluding carboxylic acids is 6. The molecule has 0 aromatic heterocycles. The summed E-state index contributed by atoms with van der Waals surface area (Å²) in [6.07, 6.45) is 1.00. The monoisotopic (exact) mass is 892 g/mol. The highest BCUT2D eigenvalue weighted by Gasteiger charge is 2.35. The van der Waals surface area contributed by atoms with Crippen LogP contribution in [0, 0.1) is 5.92 Å². The first-order valence-corrected chi connectivity index (χ1v) is 21.3. The van der Waals surface area contributed by atoms with E-state index in [2.05, 4.69) is 44.5 Å². The summed E-state index contributed by atoms with van der Waals surface area (Å²) in [5.41, 5.74) is 13.7. The zero-order valence-corrected chi connectivity index (χ0v) is 36.5. The molecule has 0 radical (unpaired) electrons. The van der Waals surface area contributed by atoms with Gasteiger partial charge in [0.25, 0.3) is 0 Å². The standard InChI is InChI=1S/C44H60N8O10S/c1-4-25(2)38(52-42(59)37(24-63)47-26(3)53)43(60)50-35(21-27-8-14-30(46)15-9-27)40(57)48-33(7-5-6-20-45)39(56)49-34(22-28-10-16-31(54)17-11-28)41(58)51-36(44(61)62)23-29-12-18-32(55)19-13-29/h8-19,25,33-38,54-55,63H,4-7,20-24,45-46H2,1-3H3,(H,47,53)(H,48,57)(H,49,56)(H,50,60)(H,51,58)(H,52,59)(H,61,62)/t25-,33-,34-,35-,36-,37-,38-/m0/s1. The van der Waals surface area contributed by atoms with Gasteiger partial charge in [-0.2, -0.15) is 12.6 Å². The van der Waals surface area contributed by atoms with E-state index in [0.717, 1.165) is 0 Å². The second kappa shape index (κ2) is 25.6. The first kappa shape index (κ1) is 51.0. The van der Waals surface area contributed by atoms with Crippen molar-refractivity contribution in [1.82, 2.24) is 31.9 Å². The van der Waals surface area contributed by atoms with E-state index in [1.807, 2.05) is 6.92 Å². The lowest BCUT2D eigenvalue weighted by atomic mass is 9.96. The van der Waals surface area contributed by atoms with Crippen LogP contribution in [0.2, 0.25) is 0 Å². The van der Waals surface area contributed by atoms with Crippen LogP contribution in [0.3, 0.4) is 0 Å². The zero-order chi connectivity index (χ0) is 46.6. The average Bonchev–Trinajstić information content (AvgIpc) is 3.25. The molecule has 0 spiro atoms. The molecule has 0 fully saturated rings. The minimum absolute atomic E-state index is 0.0278. The fourth-order valence-electron chi connectivity index (χ4n) is 6.48. The number of hydrogen-bond acceptors (Lipinski definition) is 12. The summed E-state index contributed by atoms with van der Waals surface area (Å²) >= 11 is 4.17. The quantitative estimate of drug-likeness (QED) is 0.0320. The molecule has 63 heavy (non-hydrogen) atoms. The molecule has 3 aromatic carbocycles. The summed E-state index contributed by atoms with van der Waals surface area (Å²) in [6.45, 7) is 5.08. The highest BCUT2D eigenvalue weighted by atomic mass is 32.1. The fourth-order valence-corrected chi connectivity index (χ4v) is 6.74. The Labute approximate surface area is 372 Å². The molecule has 6 amide bonds. The summed E-state index contributed by atoms with van der Waals surface area (Å²) in [5, 5.41) is 45.4. The summed E-state index contributed by atoms with van der Waals surface area (Å²) in [4.78, 5) is 93.8. The van der Waals surface area contributed by atoms with Crippen molar-refractivity contribution in [2.24, 2.45) is 11.7 Å². The van der Waals surface area contributed by atoms with E-state index in [9.17, 15) is 48.9 Å². The molecule has 13 N–H and O–H groups in total. The number of aliphatic carboxylic acids is 1. The first-order valence-electron chi connectivity index (χ1n) is 20.7. The topological polar surface area (TPSA) is 304 Å². The van der Waals surface area contributed by atoms with Crippen molar-refractivity contribution in [1.29, 1.82) is 0 Å². The number of nitrogen functional groups attached to an aromatic ring is 1. The smallest absolute Gasteiger partial charge is 0.326 e. The van der Waals surface area contributed by atoms with E-state index < -0.39 is 83.6 Å². The Morgan fingerprint density at radius 3 is 1.44 bits per heavy atom. The number of nitrogens with two attached hydrogens (primary N) is 2. The van der Waals surface area contributed by atoms with Crippen molar-refractivity contribution in [2.45, 2.75) is 102 Å². The minimum atomic E-state index is -1.43. The second-order valence-corrected chi connectivity index (χ2v) is 15.7. The molecule has 18 nitrogen and oxygen atoms in total. The average molecular weight is 893 g/mol. The fraction of sp³-hybridized carbons (Fsp3) is 0.432. The zero-order valence-electron chi connectivity index (χ0n) is 35.6. The lowest BCUT2D eigenvalue weighted by Gasteiger charge is -2.29. The Bertz CT molecular complexity index is 2000. The molecule has 0 unspecified atom stereocenters.